The predicted molar refractivity (Wildman–Crippen MR) is 183 cm³/mol. The first-order chi connectivity index (χ1) is 22.8. The Bertz CT molecular complexity index is 1510. The molecule has 0 radical (unpaired) electrons. The van der Waals surface area contributed by atoms with Crippen LogP contribution in [0.3, 0.4) is 0 Å². The molecule has 1 spiro atoms. The Kier molecular flexibility index (Phi) is 9.58. The first-order valence-electron chi connectivity index (χ1n) is 17.3. The number of unbranched alkanes of at least 4 members (excludes halogenated alkanes) is 2. The van der Waals surface area contributed by atoms with Gasteiger partial charge in [-0.1, -0.05) is 61.6 Å². The van der Waals surface area contributed by atoms with Crippen molar-refractivity contribution in [3.63, 3.8) is 0 Å². The highest BCUT2D eigenvalue weighted by molar-refractivity contribution is 6.06. The normalized spacial score (nSPS) is 28.3. The first kappa shape index (κ1) is 33.0. The fourth-order valence-corrected chi connectivity index (χ4v) is 8.23. The summed E-state index contributed by atoms with van der Waals surface area (Å²) in [5.41, 5.74) is 0.544. The van der Waals surface area contributed by atoms with Crippen LogP contribution in [0.1, 0.15) is 52.0 Å². The topological polar surface area (TPSA) is 93.6 Å². The highest BCUT2D eigenvalue weighted by Gasteiger charge is 2.75. The van der Waals surface area contributed by atoms with Crippen molar-refractivity contribution >= 4 is 29.1 Å². The van der Waals surface area contributed by atoms with E-state index in [9.17, 15) is 19.5 Å². The van der Waals surface area contributed by atoms with E-state index in [0.29, 0.717) is 45.4 Å². The van der Waals surface area contributed by atoms with Gasteiger partial charge < -0.3 is 29.4 Å². The van der Waals surface area contributed by atoms with E-state index in [1.54, 1.807) is 9.80 Å². The molecule has 250 valence electrons. The molecule has 4 aliphatic rings. The number of fused-ring (bicyclic) bond motifs is 2. The maximum absolute atomic E-state index is 14.8. The third-order valence-electron chi connectivity index (χ3n) is 10.6. The Morgan fingerprint density at radius 2 is 1.55 bits per heavy atom. The summed E-state index contributed by atoms with van der Waals surface area (Å²) in [5.74, 6) is -2.15. The van der Waals surface area contributed by atoms with Crippen molar-refractivity contribution in [1.82, 2.24) is 9.80 Å². The molecular weight excluding hydrogens is 592 g/mol. The second kappa shape index (κ2) is 13.6. The number of hydrogen-bond acceptors (Lipinski definition) is 6. The highest BCUT2D eigenvalue weighted by atomic mass is 16.5. The molecule has 2 aromatic rings. The molecule has 47 heavy (non-hydrogen) atoms. The fraction of sp³-hybridized carbons (Fsp3) is 0.500. The van der Waals surface area contributed by atoms with Crippen LogP contribution in [0, 0.1) is 11.8 Å². The third-order valence-corrected chi connectivity index (χ3v) is 10.6. The standard InChI is InChI=1S/C38H48N4O5/c1-4-37-21-13-23-40(27-28-15-9-7-10-16-28)34(44)31(37)32-35(45)42(24-11-8-12-26-43)33-36(46)41(25-14-22-38(32,33)47-37)30-19-17-29(18-20-30)39(5-2)6-3/h7,9-10,13-22,31-33,43H,4-6,8,11-12,23-27H2,1-3H3/t31-,32-,33?,37+,38-/m0/s1. The summed E-state index contributed by atoms with van der Waals surface area (Å²) < 4.78 is 7.13. The van der Waals surface area contributed by atoms with Gasteiger partial charge in [0.25, 0.3) is 5.91 Å². The average molecular weight is 641 g/mol. The lowest BCUT2D eigenvalue weighted by molar-refractivity contribution is -0.150. The summed E-state index contributed by atoms with van der Waals surface area (Å²) in [4.78, 5) is 51.7. The van der Waals surface area contributed by atoms with E-state index >= 15 is 0 Å². The molecule has 0 aromatic heterocycles. The summed E-state index contributed by atoms with van der Waals surface area (Å²) in [7, 11) is 0. The van der Waals surface area contributed by atoms with E-state index in [2.05, 4.69) is 18.7 Å². The number of amides is 3. The van der Waals surface area contributed by atoms with Gasteiger partial charge in [0.05, 0.1) is 17.4 Å². The first-order valence-corrected chi connectivity index (χ1v) is 17.3. The number of rotatable bonds is 12. The van der Waals surface area contributed by atoms with E-state index in [-0.39, 0.29) is 24.3 Å². The van der Waals surface area contributed by atoms with Gasteiger partial charge in [-0.25, -0.2) is 0 Å². The minimum Gasteiger partial charge on any atom is -0.396 e. The molecule has 6 rings (SSSR count). The average Bonchev–Trinajstić information content (AvgIpc) is 3.38. The van der Waals surface area contributed by atoms with Gasteiger partial charge in [-0.3, -0.25) is 14.4 Å². The molecule has 4 aliphatic heterocycles. The van der Waals surface area contributed by atoms with Crippen molar-refractivity contribution in [3.8, 4) is 0 Å². The molecule has 2 saturated heterocycles. The largest absolute Gasteiger partial charge is 0.396 e. The summed E-state index contributed by atoms with van der Waals surface area (Å²) in [6.45, 7) is 9.60. The molecule has 1 unspecified atom stereocenters. The van der Waals surface area contributed by atoms with Crippen LogP contribution in [0.5, 0.6) is 0 Å². The molecule has 0 aliphatic carbocycles. The molecule has 3 amide bonds. The van der Waals surface area contributed by atoms with Crippen molar-refractivity contribution in [3.05, 3.63) is 84.5 Å². The van der Waals surface area contributed by atoms with Gasteiger partial charge in [0.1, 0.15) is 11.6 Å². The minimum absolute atomic E-state index is 0.0746. The summed E-state index contributed by atoms with van der Waals surface area (Å²) in [5, 5.41) is 9.40. The van der Waals surface area contributed by atoms with Crippen LogP contribution in [0.4, 0.5) is 11.4 Å². The molecule has 9 heteroatoms. The van der Waals surface area contributed by atoms with Gasteiger partial charge in [-0.2, -0.15) is 0 Å². The van der Waals surface area contributed by atoms with E-state index in [1.807, 2.05) is 90.7 Å². The van der Waals surface area contributed by atoms with Crippen molar-refractivity contribution in [2.24, 2.45) is 11.8 Å². The van der Waals surface area contributed by atoms with Crippen molar-refractivity contribution < 1.29 is 24.2 Å². The van der Waals surface area contributed by atoms with Crippen LogP contribution >= 0.6 is 0 Å². The number of aliphatic hydroxyl groups excluding tert-OH is 1. The molecular formula is C38H48N4O5. The van der Waals surface area contributed by atoms with Crippen LogP contribution < -0.4 is 9.80 Å². The number of aliphatic hydroxyl groups is 1. The van der Waals surface area contributed by atoms with Gasteiger partial charge >= 0.3 is 0 Å². The number of nitrogens with zero attached hydrogens (tertiary/aromatic N) is 4. The summed E-state index contributed by atoms with van der Waals surface area (Å²) >= 11 is 0. The second-order valence-electron chi connectivity index (χ2n) is 13.1. The lowest BCUT2D eigenvalue weighted by Crippen LogP contribution is -2.56. The van der Waals surface area contributed by atoms with Gasteiger partial charge in [0.2, 0.25) is 11.8 Å². The smallest absolute Gasteiger partial charge is 0.253 e. The molecule has 4 heterocycles. The number of carbonyl (C=O) groups is 3. The quantitative estimate of drug-likeness (QED) is 0.270. The predicted octanol–water partition coefficient (Wildman–Crippen LogP) is 4.56. The Labute approximate surface area is 278 Å². The number of hydrogen-bond donors (Lipinski definition) is 1. The molecule has 1 N–H and O–H groups in total. The molecule has 0 bridgehead atoms. The summed E-state index contributed by atoms with van der Waals surface area (Å²) in [6.07, 6.45) is 10.3. The van der Waals surface area contributed by atoms with Crippen molar-refractivity contribution in [2.75, 3.05) is 49.1 Å². The summed E-state index contributed by atoms with van der Waals surface area (Å²) in [6, 6.07) is 17.0. The van der Waals surface area contributed by atoms with Gasteiger partial charge in [0.15, 0.2) is 0 Å². The van der Waals surface area contributed by atoms with Gasteiger partial charge in [-0.05, 0) is 69.4 Å². The minimum atomic E-state index is -1.29. The molecule has 0 saturated carbocycles. The molecule has 2 aromatic carbocycles. The van der Waals surface area contributed by atoms with E-state index in [0.717, 1.165) is 36.4 Å². The van der Waals surface area contributed by atoms with Crippen molar-refractivity contribution in [1.29, 1.82) is 0 Å². The monoisotopic (exact) mass is 640 g/mol. The lowest BCUT2D eigenvalue weighted by atomic mass is 9.73. The fourth-order valence-electron chi connectivity index (χ4n) is 8.23. The highest BCUT2D eigenvalue weighted by Crippen LogP contribution is 2.58. The van der Waals surface area contributed by atoms with E-state index < -0.39 is 29.1 Å². The van der Waals surface area contributed by atoms with E-state index in [4.69, 9.17) is 4.74 Å². The number of carbonyl (C=O) groups excluding carboxylic acids is 3. The Balaban J connectivity index is 1.39. The zero-order chi connectivity index (χ0) is 33.2. The maximum atomic E-state index is 14.8. The Morgan fingerprint density at radius 3 is 2.23 bits per heavy atom. The van der Waals surface area contributed by atoms with E-state index in [1.165, 1.54) is 0 Å². The SMILES string of the molecule is CCN(CC)c1ccc(N2CC=C[C@]34O[C@]5(CC)C=CCN(Cc6ccccc6)C(=O)[C@@H]5[C@H]3C(=O)N(CCCCCO)C4C2=O)cc1. The second-order valence-corrected chi connectivity index (χ2v) is 13.1. The van der Waals surface area contributed by atoms with Crippen LogP contribution in [-0.2, 0) is 25.7 Å². The van der Waals surface area contributed by atoms with Crippen LogP contribution in [0.15, 0.2) is 78.9 Å². The maximum Gasteiger partial charge on any atom is 0.253 e. The number of ether oxygens (including phenoxy) is 1. The zero-order valence-electron chi connectivity index (χ0n) is 27.9. The molecule has 2 fully saturated rings. The molecule has 9 nitrogen and oxygen atoms in total. The van der Waals surface area contributed by atoms with Crippen LogP contribution in [-0.4, -0.2) is 89.2 Å². The van der Waals surface area contributed by atoms with Gasteiger partial charge in [-0.15, -0.1) is 0 Å². The Hall–Kier alpha value is -3.95. The Morgan fingerprint density at radius 1 is 0.830 bits per heavy atom. The number of likely N-dealkylation sites (tertiary alicyclic amines) is 1. The lowest BCUT2D eigenvalue weighted by Gasteiger charge is -2.38. The van der Waals surface area contributed by atoms with Crippen LogP contribution in [0.2, 0.25) is 0 Å². The zero-order valence-corrected chi connectivity index (χ0v) is 27.9. The number of anilines is 2. The number of benzene rings is 2. The van der Waals surface area contributed by atoms with Crippen molar-refractivity contribution in [2.45, 2.75) is 70.2 Å². The van der Waals surface area contributed by atoms with Gasteiger partial charge in [0, 0.05) is 57.3 Å². The van der Waals surface area contributed by atoms with Crippen LogP contribution in [0.25, 0.3) is 0 Å². The molecule has 5 atom stereocenters. The third kappa shape index (κ3) is 5.67.